The summed E-state index contributed by atoms with van der Waals surface area (Å²) in [6, 6.07) is 14.1. The lowest BCUT2D eigenvalue weighted by Crippen LogP contribution is -2.12. The number of hydrogen-bond acceptors (Lipinski definition) is 6. The zero-order valence-electron chi connectivity index (χ0n) is 18.7. The third-order valence-corrected chi connectivity index (χ3v) is 5.86. The number of rotatable bonds is 8. The van der Waals surface area contributed by atoms with Crippen LogP contribution in [0, 0.1) is 24.0 Å². The monoisotopic (exact) mass is 514 g/mol. The Bertz CT molecular complexity index is 1400. The highest BCUT2D eigenvalue weighted by Gasteiger charge is 2.18. The molecule has 180 valence electrons. The van der Waals surface area contributed by atoms with Crippen LogP contribution in [0.4, 0.5) is 11.4 Å². The Labute approximate surface area is 210 Å². The van der Waals surface area contributed by atoms with E-state index < -0.39 is 10.8 Å². The number of carbonyl (C=O) groups excluding carboxylic acids is 1. The van der Waals surface area contributed by atoms with Gasteiger partial charge < -0.3 is 14.5 Å². The number of carbonyl (C=O) groups is 1. The van der Waals surface area contributed by atoms with Gasteiger partial charge >= 0.3 is 0 Å². The molecule has 2 aromatic heterocycles. The van der Waals surface area contributed by atoms with Crippen molar-refractivity contribution in [2.75, 3.05) is 5.32 Å². The number of nitro benzene ring substituents is 1. The first-order chi connectivity index (χ1) is 16.7. The van der Waals surface area contributed by atoms with Crippen molar-refractivity contribution in [1.29, 1.82) is 0 Å². The van der Waals surface area contributed by atoms with Gasteiger partial charge in [-0.1, -0.05) is 29.3 Å². The summed E-state index contributed by atoms with van der Waals surface area (Å²) in [6.07, 6.45) is 0. The van der Waals surface area contributed by atoms with Gasteiger partial charge in [0.15, 0.2) is 5.76 Å². The number of halogens is 2. The van der Waals surface area contributed by atoms with E-state index in [4.69, 9.17) is 32.4 Å². The van der Waals surface area contributed by atoms with Crippen molar-refractivity contribution >= 4 is 40.5 Å². The van der Waals surface area contributed by atoms with Crippen molar-refractivity contribution in [2.24, 2.45) is 0 Å². The summed E-state index contributed by atoms with van der Waals surface area (Å²) in [5.74, 6) is 0.550. The van der Waals surface area contributed by atoms with Crippen LogP contribution < -0.4 is 10.1 Å². The predicted molar refractivity (Wildman–Crippen MR) is 131 cm³/mol. The summed E-state index contributed by atoms with van der Waals surface area (Å²) < 4.78 is 12.9. The second kappa shape index (κ2) is 10.2. The predicted octanol–water partition coefficient (Wildman–Crippen LogP) is 6.19. The highest BCUT2D eigenvalue weighted by Crippen LogP contribution is 2.26. The molecular weight excluding hydrogens is 495 g/mol. The van der Waals surface area contributed by atoms with Gasteiger partial charge in [0.05, 0.1) is 28.5 Å². The molecule has 0 radical (unpaired) electrons. The van der Waals surface area contributed by atoms with E-state index in [1.54, 1.807) is 35.9 Å². The number of nitrogens with zero attached hydrogens (tertiary/aromatic N) is 3. The highest BCUT2D eigenvalue weighted by atomic mass is 35.5. The first-order valence-corrected chi connectivity index (χ1v) is 11.2. The van der Waals surface area contributed by atoms with Crippen molar-refractivity contribution in [3.63, 3.8) is 0 Å². The Kier molecular flexibility index (Phi) is 7.09. The average Bonchev–Trinajstić information content (AvgIpc) is 3.40. The number of ether oxygens (including phenoxy) is 1. The zero-order valence-corrected chi connectivity index (χ0v) is 20.3. The third kappa shape index (κ3) is 5.64. The van der Waals surface area contributed by atoms with Crippen molar-refractivity contribution in [3.05, 3.63) is 103 Å². The van der Waals surface area contributed by atoms with Crippen LogP contribution in [0.5, 0.6) is 5.75 Å². The van der Waals surface area contributed by atoms with Gasteiger partial charge in [0.1, 0.15) is 18.1 Å². The molecule has 2 aromatic carbocycles. The van der Waals surface area contributed by atoms with E-state index >= 15 is 0 Å². The second-order valence-corrected chi connectivity index (χ2v) is 8.54. The number of aromatic nitrogens is 2. The Hall–Kier alpha value is -3.82. The Balaban J connectivity index is 1.40. The van der Waals surface area contributed by atoms with Crippen molar-refractivity contribution in [3.8, 4) is 5.75 Å². The normalized spacial score (nSPS) is 10.9. The summed E-state index contributed by atoms with van der Waals surface area (Å²) in [5.41, 5.74) is 2.81. The van der Waals surface area contributed by atoms with Crippen LogP contribution >= 0.6 is 23.2 Å². The van der Waals surface area contributed by atoms with E-state index in [1.165, 1.54) is 24.3 Å². The van der Waals surface area contributed by atoms with Crippen LogP contribution in [-0.4, -0.2) is 20.6 Å². The van der Waals surface area contributed by atoms with E-state index in [-0.39, 0.29) is 18.1 Å². The lowest BCUT2D eigenvalue weighted by Gasteiger charge is -2.08. The van der Waals surface area contributed by atoms with Crippen LogP contribution in [0.25, 0.3) is 0 Å². The Morgan fingerprint density at radius 1 is 1.14 bits per heavy atom. The fourth-order valence-electron chi connectivity index (χ4n) is 3.41. The first-order valence-electron chi connectivity index (χ1n) is 10.5. The number of aryl methyl sites for hydroxylation is 1. The maximum absolute atomic E-state index is 12.8. The molecule has 0 bridgehead atoms. The van der Waals surface area contributed by atoms with Crippen LogP contribution in [-0.2, 0) is 13.2 Å². The topological polar surface area (TPSA) is 112 Å². The highest BCUT2D eigenvalue weighted by molar-refractivity contribution is 6.35. The van der Waals surface area contributed by atoms with Gasteiger partial charge in [0.2, 0.25) is 0 Å². The van der Waals surface area contributed by atoms with Gasteiger partial charge in [-0.3, -0.25) is 19.6 Å². The van der Waals surface area contributed by atoms with Crippen LogP contribution in [0.2, 0.25) is 10.0 Å². The fourth-order valence-corrected chi connectivity index (χ4v) is 3.88. The molecule has 0 spiro atoms. The largest absolute Gasteiger partial charge is 0.486 e. The molecule has 0 saturated heterocycles. The number of nitrogens with one attached hydrogen (secondary N) is 1. The van der Waals surface area contributed by atoms with E-state index in [1.807, 2.05) is 13.0 Å². The van der Waals surface area contributed by atoms with E-state index in [0.29, 0.717) is 39.5 Å². The SMILES string of the molecule is Cc1nn(Cc2ccc(Cl)cc2Cl)c(C)c1NC(=O)c1ccc(COc2ccc([N+](=O)[O-])cc2)o1. The summed E-state index contributed by atoms with van der Waals surface area (Å²) in [5, 5.41) is 19.2. The molecule has 0 aliphatic carbocycles. The molecular formula is C24H20Cl2N4O5. The number of hydrogen-bond donors (Lipinski definition) is 1. The zero-order chi connectivity index (χ0) is 25.1. The minimum atomic E-state index is -0.485. The quantitative estimate of drug-likeness (QED) is 0.221. The van der Waals surface area contributed by atoms with Gasteiger partial charge in [0.25, 0.3) is 11.6 Å². The van der Waals surface area contributed by atoms with Crippen LogP contribution in [0.15, 0.2) is 59.0 Å². The second-order valence-electron chi connectivity index (χ2n) is 7.70. The molecule has 0 saturated carbocycles. The average molecular weight is 515 g/mol. The number of furan rings is 1. The molecule has 0 aliphatic rings. The maximum Gasteiger partial charge on any atom is 0.291 e. The van der Waals surface area contributed by atoms with Gasteiger partial charge in [0, 0.05) is 22.2 Å². The third-order valence-electron chi connectivity index (χ3n) is 5.27. The van der Waals surface area contributed by atoms with Crippen molar-refractivity contribution < 1.29 is 18.9 Å². The number of amides is 1. The molecule has 9 nitrogen and oxygen atoms in total. The van der Waals surface area contributed by atoms with E-state index in [0.717, 1.165) is 11.3 Å². The maximum atomic E-state index is 12.8. The molecule has 0 atom stereocenters. The van der Waals surface area contributed by atoms with Crippen molar-refractivity contribution in [1.82, 2.24) is 9.78 Å². The molecule has 0 aliphatic heterocycles. The standard InChI is InChI=1S/C24H20Cl2N4O5/c1-14-23(15(2)29(28-14)12-16-3-4-17(25)11-21(16)26)27-24(31)22-10-9-20(35-22)13-34-19-7-5-18(6-8-19)30(32)33/h3-11H,12-13H2,1-2H3,(H,27,31). The van der Waals surface area contributed by atoms with Gasteiger partial charge in [-0.05, 0) is 55.8 Å². The smallest absolute Gasteiger partial charge is 0.291 e. The first kappa shape index (κ1) is 24.3. The van der Waals surface area contributed by atoms with E-state index in [9.17, 15) is 14.9 Å². The number of anilines is 1. The molecule has 0 fully saturated rings. The number of non-ortho nitro benzene ring substituents is 1. The lowest BCUT2D eigenvalue weighted by molar-refractivity contribution is -0.384. The fraction of sp³-hybridized carbons (Fsp3) is 0.167. The van der Waals surface area contributed by atoms with Crippen LogP contribution in [0.3, 0.4) is 0 Å². The van der Waals surface area contributed by atoms with Gasteiger partial charge in [-0.25, -0.2) is 0 Å². The Morgan fingerprint density at radius 2 is 1.89 bits per heavy atom. The lowest BCUT2D eigenvalue weighted by atomic mass is 10.2. The minimum absolute atomic E-state index is 0.0283. The molecule has 4 aromatic rings. The van der Waals surface area contributed by atoms with E-state index in [2.05, 4.69) is 10.4 Å². The molecule has 2 heterocycles. The molecule has 35 heavy (non-hydrogen) atoms. The Morgan fingerprint density at radius 3 is 2.57 bits per heavy atom. The summed E-state index contributed by atoms with van der Waals surface area (Å²) in [6.45, 7) is 4.13. The molecule has 1 amide bonds. The molecule has 0 unspecified atom stereocenters. The molecule has 1 N–H and O–H groups in total. The summed E-state index contributed by atoms with van der Waals surface area (Å²) in [7, 11) is 0. The van der Waals surface area contributed by atoms with Crippen molar-refractivity contribution in [2.45, 2.75) is 27.0 Å². The number of nitro groups is 1. The summed E-state index contributed by atoms with van der Waals surface area (Å²) >= 11 is 12.3. The van der Waals surface area contributed by atoms with Gasteiger partial charge in [-0.2, -0.15) is 5.10 Å². The van der Waals surface area contributed by atoms with Crippen LogP contribution in [0.1, 0.15) is 33.3 Å². The van der Waals surface area contributed by atoms with Gasteiger partial charge in [-0.15, -0.1) is 0 Å². The molecule has 4 rings (SSSR count). The molecule has 11 heteroatoms. The minimum Gasteiger partial charge on any atom is -0.486 e. The summed E-state index contributed by atoms with van der Waals surface area (Å²) in [4.78, 5) is 23.0. The number of benzene rings is 2.